The first-order chi connectivity index (χ1) is 5.97. The second-order valence-corrected chi connectivity index (χ2v) is 2.88. The third-order valence-corrected chi connectivity index (χ3v) is 1.53. The number of carbonyl (C=O) groups is 1. The molecule has 0 unspecified atom stereocenters. The molecule has 0 atom stereocenters. The average molecular weight is 187 g/mol. The number of hydrogen-bond donors (Lipinski definition) is 3. The summed E-state index contributed by atoms with van der Waals surface area (Å²) in [6.45, 7) is 3.91. The largest absolute Gasteiger partial charge is 0.370 e. The van der Waals surface area contributed by atoms with Crippen LogP contribution in [0.4, 0.5) is 4.79 Å². The molecule has 0 bridgehead atoms. The van der Waals surface area contributed by atoms with Gasteiger partial charge < -0.3 is 5.73 Å². The average Bonchev–Trinajstić information content (AvgIpc) is 2.03. The Hall–Kier alpha value is -1.30. The van der Waals surface area contributed by atoms with Gasteiger partial charge in [0.15, 0.2) is 5.96 Å². The van der Waals surface area contributed by atoms with E-state index >= 15 is 0 Å². The van der Waals surface area contributed by atoms with E-state index in [4.69, 9.17) is 5.73 Å². The molecule has 76 valence electrons. The van der Waals surface area contributed by atoms with E-state index in [1.165, 1.54) is 7.05 Å². The zero-order valence-corrected chi connectivity index (χ0v) is 8.46. The molecule has 0 radical (unpaired) electrons. The van der Waals surface area contributed by atoms with Gasteiger partial charge in [-0.2, -0.15) is 0 Å². The fraction of sp³-hybridized carbons (Fsp3) is 0.714. The van der Waals surface area contributed by atoms with Crippen molar-refractivity contribution in [3.05, 3.63) is 0 Å². The molecule has 4 N–H and O–H groups in total. The summed E-state index contributed by atoms with van der Waals surface area (Å²) >= 11 is 0. The predicted molar refractivity (Wildman–Crippen MR) is 52.1 cm³/mol. The number of hydrazine groups is 1. The minimum absolute atomic E-state index is 0.0923. The van der Waals surface area contributed by atoms with Gasteiger partial charge in [-0.3, -0.25) is 15.7 Å². The lowest BCUT2D eigenvalue weighted by Gasteiger charge is -2.21. The van der Waals surface area contributed by atoms with Gasteiger partial charge >= 0.3 is 6.03 Å². The second kappa shape index (κ2) is 5.36. The highest BCUT2D eigenvalue weighted by Gasteiger charge is 2.07. The van der Waals surface area contributed by atoms with Gasteiger partial charge in [0, 0.05) is 20.1 Å². The van der Waals surface area contributed by atoms with E-state index < -0.39 is 0 Å². The summed E-state index contributed by atoms with van der Waals surface area (Å²) in [5.41, 5.74) is 7.85. The van der Waals surface area contributed by atoms with Gasteiger partial charge in [-0.05, 0) is 13.8 Å². The molecule has 6 heteroatoms. The van der Waals surface area contributed by atoms with Crippen LogP contribution in [0.3, 0.4) is 0 Å². The van der Waals surface area contributed by atoms with Crippen LogP contribution in [0.5, 0.6) is 0 Å². The van der Waals surface area contributed by atoms with E-state index in [2.05, 4.69) is 15.7 Å². The summed E-state index contributed by atoms with van der Waals surface area (Å²) in [6.07, 6.45) is 0. The summed E-state index contributed by atoms with van der Waals surface area (Å²) in [4.78, 5) is 14.7. The minimum atomic E-state index is -0.390. The molecule has 0 fully saturated rings. The van der Waals surface area contributed by atoms with Crippen molar-refractivity contribution in [1.82, 2.24) is 15.8 Å². The van der Waals surface area contributed by atoms with Crippen LogP contribution < -0.4 is 16.5 Å². The molecule has 0 rings (SSSR count). The number of aliphatic imine (C=N–C) groups is 1. The van der Waals surface area contributed by atoms with Crippen molar-refractivity contribution in [2.75, 3.05) is 14.1 Å². The van der Waals surface area contributed by atoms with E-state index in [0.717, 1.165) is 0 Å². The molecular formula is C7H17N5O. The van der Waals surface area contributed by atoms with Crippen molar-refractivity contribution in [2.24, 2.45) is 10.7 Å². The van der Waals surface area contributed by atoms with Crippen molar-refractivity contribution in [1.29, 1.82) is 0 Å². The third-order valence-electron chi connectivity index (χ3n) is 1.53. The monoisotopic (exact) mass is 187 g/mol. The van der Waals surface area contributed by atoms with E-state index in [1.807, 2.05) is 13.8 Å². The van der Waals surface area contributed by atoms with Crippen molar-refractivity contribution >= 4 is 12.0 Å². The van der Waals surface area contributed by atoms with Gasteiger partial charge in [0.25, 0.3) is 0 Å². The SMILES string of the molecule is CN=C(N)NC(=O)NN(C)C(C)C. The number of hydrogen-bond acceptors (Lipinski definition) is 3. The lowest BCUT2D eigenvalue weighted by molar-refractivity contribution is 0.179. The Morgan fingerprint density at radius 1 is 1.54 bits per heavy atom. The molecule has 0 saturated carbocycles. The van der Waals surface area contributed by atoms with Gasteiger partial charge in [-0.25, -0.2) is 9.80 Å². The number of nitrogens with two attached hydrogens (primary N) is 1. The predicted octanol–water partition coefficient (Wildman–Crippen LogP) is -0.515. The zero-order chi connectivity index (χ0) is 10.4. The van der Waals surface area contributed by atoms with Crippen LogP contribution in [0.15, 0.2) is 4.99 Å². The topological polar surface area (TPSA) is 82.7 Å². The number of guanidine groups is 1. The van der Waals surface area contributed by atoms with Gasteiger partial charge in [0.1, 0.15) is 0 Å². The summed E-state index contributed by atoms with van der Waals surface area (Å²) in [7, 11) is 3.27. The Kier molecular flexibility index (Phi) is 4.83. The number of amides is 2. The van der Waals surface area contributed by atoms with E-state index in [0.29, 0.717) is 0 Å². The standard InChI is InChI=1S/C7H17N5O/c1-5(2)12(4)11-7(13)10-6(8)9-3/h5H,1-4H3,(H4,8,9,10,11,13). The molecular weight excluding hydrogens is 170 g/mol. The molecule has 0 aromatic rings. The minimum Gasteiger partial charge on any atom is -0.370 e. The van der Waals surface area contributed by atoms with Gasteiger partial charge in [-0.1, -0.05) is 0 Å². The third kappa shape index (κ3) is 5.02. The molecule has 0 spiro atoms. The van der Waals surface area contributed by atoms with Crippen LogP contribution in [-0.4, -0.2) is 37.1 Å². The maximum atomic E-state index is 11.1. The number of carbonyl (C=O) groups excluding carboxylic acids is 1. The molecule has 2 amide bonds. The van der Waals surface area contributed by atoms with Crippen molar-refractivity contribution in [3.8, 4) is 0 Å². The van der Waals surface area contributed by atoms with E-state index in [-0.39, 0.29) is 18.0 Å². The van der Waals surface area contributed by atoms with Gasteiger partial charge in [-0.15, -0.1) is 0 Å². The first kappa shape index (κ1) is 11.7. The summed E-state index contributed by atoms with van der Waals surface area (Å²) in [6, 6.07) is -0.162. The Labute approximate surface area is 78.2 Å². The van der Waals surface area contributed by atoms with E-state index in [1.54, 1.807) is 12.1 Å². The molecule has 0 aliphatic carbocycles. The number of nitrogens with zero attached hydrogens (tertiary/aromatic N) is 2. The maximum absolute atomic E-state index is 11.1. The fourth-order valence-electron chi connectivity index (χ4n) is 0.489. The second-order valence-electron chi connectivity index (χ2n) is 2.88. The van der Waals surface area contributed by atoms with Gasteiger partial charge in [0.2, 0.25) is 0 Å². The summed E-state index contributed by atoms with van der Waals surface area (Å²) < 4.78 is 0. The van der Waals surface area contributed by atoms with Crippen molar-refractivity contribution in [3.63, 3.8) is 0 Å². The molecule has 13 heavy (non-hydrogen) atoms. The Bertz CT molecular complexity index is 201. The molecule has 0 aliphatic rings. The van der Waals surface area contributed by atoms with Gasteiger partial charge in [0.05, 0.1) is 0 Å². The smallest absolute Gasteiger partial charge is 0.336 e. The van der Waals surface area contributed by atoms with Crippen LogP contribution in [0.1, 0.15) is 13.8 Å². The van der Waals surface area contributed by atoms with Crippen LogP contribution >= 0.6 is 0 Å². The highest BCUT2D eigenvalue weighted by Crippen LogP contribution is 1.86. The molecule has 6 nitrogen and oxygen atoms in total. The maximum Gasteiger partial charge on any atom is 0.336 e. The fourth-order valence-corrected chi connectivity index (χ4v) is 0.489. The Morgan fingerprint density at radius 3 is 2.46 bits per heavy atom. The van der Waals surface area contributed by atoms with Crippen LogP contribution in [0.2, 0.25) is 0 Å². The molecule has 0 saturated heterocycles. The normalized spacial score (nSPS) is 12.0. The molecule has 0 aromatic carbocycles. The molecule has 0 aromatic heterocycles. The molecule has 0 aliphatic heterocycles. The summed E-state index contributed by atoms with van der Waals surface area (Å²) in [5, 5.41) is 4.02. The highest BCUT2D eigenvalue weighted by molar-refractivity contribution is 5.94. The zero-order valence-electron chi connectivity index (χ0n) is 8.46. The Morgan fingerprint density at radius 2 is 2.08 bits per heavy atom. The van der Waals surface area contributed by atoms with Crippen molar-refractivity contribution in [2.45, 2.75) is 19.9 Å². The first-order valence-corrected chi connectivity index (χ1v) is 4.00. The molecule has 0 heterocycles. The summed E-state index contributed by atoms with van der Waals surface area (Å²) in [5.74, 6) is 0.0923. The first-order valence-electron chi connectivity index (χ1n) is 4.00. The number of urea groups is 1. The lowest BCUT2D eigenvalue weighted by atomic mass is 10.4. The van der Waals surface area contributed by atoms with Crippen LogP contribution in [0, 0.1) is 0 Å². The van der Waals surface area contributed by atoms with E-state index in [9.17, 15) is 4.79 Å². The highest BCUT2D eigenvalue weighted by atomic mass is 16.2. The quantitative estimate of drug-likeness (QED) is 0.309. The lowest BCUT2D eigenvalue weighted by Crippen LogP contribution is -2.51. The Balaban J connectivity index is 3.88. The van der Waals surface area contributed by atoms with Crippen LogP contribution in [0.25, 0.3) is 0 Å². The number of rotatable bonds is 2. The van der Waals surface area contributed by atoms with Crippen LogP contribution in [-0.2, 0) is 0 Å². The van der Waals surface area contributed by atoms with Crippen molar-refractivity contribution < 1.29 is 4.79 Å². The number of nitrogens with one attached hydrogen (secondary N) is 2.